The maximum absolute atomic E-state index is 10.8. The van der Waals surface area contributed by atoms with Crippen molar-refractivity contribution in [2.45, 2.75) is 19.9 Å². The zero-order valence-electron chi connectivity index (χ0n) is 8.88. The molecule has 0 saturated carbocycles. The molecule has 0 radical (unpaired) electrons. The zero-order chi connectivity index (χ0) is 11.5. The molecule has 0 atom stereocenters. The number of carbonyl (C=O) groups is 1. The third-order valence-corrected chi connectivity index (χ3v) is 3.29. The van der Waals surface area contributed by atoms with Crippen LogP contribution in [0.1, 0.15) is 23.0 Å². The van der Waals surface area contributed by atoms with Gasteiger partial charge in [-0.3, -0.25) is 0 Å². The molecule has 1 N–H and O–H groups in total. The highest BCUT2D eigenvalue weighted by Gasteiger charge is 2.11. The Bertz CT molecular complexity index is 502. The summed E-state index contributed by atoms with van der Waals surface area (Å²) in [5.74, 6) is -0.0378. The lowest BCUT2D eigenvalue weighted by Gasteiger charge is -2.03. The third kappa shape index (κ3) is 1.99. The van der Waals surface area contributed by atoms with Crippen LogP contribution in [-0.2, 0) is 6.54 Å². The molecule has 0 spiro atoms. The van der Waals surface area contributed by atoms with E-state index in [2.05, 4.69) is 11.9 Å². The smallest absolute Gasteiger partial charge is 0.345 e. The zero-order valence-corrected chi connectivity index (χ0v) is 9.70. The molecule has 84 valence electrons. The number of aryl methyl sites for hydroxylation is 1. The lowest BCUT2D eigenvalue weighted by Crippen LogP contribution is -1.96. The summed E-state index contributed by atoms with van der Waals surface area (Å²) < 4.78 is 2.04. The van der Waals surface area contributed by atoms with Crippen molar-refractivity contribution in [3.8, 4) is 10.7 Å². The summed E-state index contributed by atoms with van der Waals surface area (Å²) >= 11 is 1.26. The molecule has 0 unspecified atom stereocenters. The maximum atomic E-state index is 10.8. The van der Waals surface area contributed by atoms with Gasteiger partial charge in [0.15, 0.2) is 0 Å². The number of imidazole rings is 1. The van der Waals surface area contributed by atoms with Crippen LogP contribution in [0.3, 0.4) is 0 Å². The van der Waals surface area contributed by atoms with Crippen LogP contribution in [0.5, 0.6) is 0 Å². The number of aromatic nitrogens is 2. The molecule has 0 aromatic carbocycles. The Morgan fingerprint density at radius 2 is 2.38 bits per heavy atom. The Kier molecular flexibility index (Phi) is 3.05. The first-order valence-corrected chi connectivity index (χ1v) is 5.88. The van der Waals surface area contributed by atoms with Crippen LogP contribution in [0.2, 0.25) is 0 Å². The van der Waals surface area contributed by atoms with Crippen molar-refractivity contribution < 1.29 is 9.90 Å². The van der Waals surface area contributed by atoms with Gasteiger partial charge < -0.3 is 9.67 Å². The standard InChI is InChI=1S/C11H12N2O2S/c1-2-6-13-7-5-12-10(13)8-3-4-9(16-8)11(14)15/h3-5,7H,2,6H2,1H3,(H,14,15). The van der Waals surface area contributed by atoms with Crippen molar-refractivity contribution >= 4 is 17.3 Å². The van der Waals surface area contributed by atoms with Crippen molar-refractivity contribution in [1.29, 1.82) is 0 Å². The highest BCUT2D eigenvalue weighted by Crippen LogP contribution is 2.26. The van der Waals surface area contributed by atoms with E-state index in [4.69, 9.17) is 5.11 Å². The fraction of sp³-hybridized carbons (Fsp3) is 0.273. The first kappa shape index (κ1) is 10.9. The lowest BCUT2D eigenvalue weighted by molar-refractivity contribution is 0.0702. The number of rotatable bonds is 4. The van der Waals surface area contributed by atoms with Crippen molar-refractivity contribution in [1.82, 2.24) is 9.55 Å². The molecule has 2 aromatic heterocycles. The van der Waals surface area contributed by atoms with Gasteiger partial charge in [-0.25, -0.2) is 9.78 Å². The fourth-order valence-corrected chi connectivity index (χ4v) is 2.39. The van der Waals surface area contributed by atoms with Gasteiger partial charge in [0.1, 0.15) is 10.7 Å². The number of carboxylic acid groups (broad SMARTS) is 1. The van der Waals surface area contributed by atoms with E-state index in [0.717, 1.165) is 23.7 Å². The quantitative estimate of drug-likeness (QED) is 0.888. The lowest BCUT2D eigenvalue weighted by atomic mass is 10.4. The SMILES string of the molecule is CCCn1ccnc1-c1ccc(C(=O)O)s1. The van der Waals surface area contributed by atoms with Crippen LogP contribution in [0.25, 0.3) is 10.7 Å². The van der Waals surface area contributed by atoms with E-state index >= 15 is 0 Å². The molecule has 0 amide bonds. The predicted octanol–water partition coefficient (Wildman–Crippen LogP) is 2.72. The molecule has 0 fully saturated rings. The molecule has 2 aromatic rings. The van der Waals surface area contributed by atoms with Gasteiger partial charge >= 0.3 is 5.97 Å². The van der Waals surface area contributed by atoms with E-state index < -0.39 is 5.97 Å². The van der Waals surface area contributed by atoms with Crippen LogP contribution in [0.4, 0.5) is 0 Å². The molecular weight excluding hydrogens is 224 g/mol. The number of aromatic carboxylic acids is 1. The molecule has 2 rings (SSSR count). The Morgan fingerprint density at radius 1 is 1.56 bits per heavy atom. The van der Waals surface area contributed by atoms with Crippen LogP contribution in [0, 0.1) is 0 Å². The Hall–Kier alpha value is -1.62. The van der Waals surface area contributed by atoms with Crippen molar-refractivity contribution in [2.24, 2.45) is 0 Å². The van der Waals surface area contributed by atoms with Gasteiger partial charge in [-0.05, 0) is 18.6 Å². The van der Waals surface area contributed by atoms with Crippen molar-refractivity contribution in [2.75, 3.05) is 0 Å². The second kappa shape index (κ2) is 4.49. The fourth-order valence-electron chi connectivity index (χ4n) is 1.53. The van der Waals surface area contributed by atoms with Gasteiger partial charge in [-0.15, -0.1) is 11.3 Å². The number of hydrogen-bond acceptors (Lipinski definition) is 3. The number of hydrogen-bond donors (Lipinski definition) is 1. The summed E-state index contributed by atoms with van der Waals surface area (Å²) in [7, 11) is 0. The van der Waals surface area contributed by atoms with Gasteiger partial charge in [0.25, 0.3) is 0 Å². The van der Waals surface area contributed by atoms with E-state index in [1.54, 1.807) is 12.3 Å². The summed E-state index contributed by atoms with van der Waals surface area (Å²) in [6.45, 7) is 3.00. The summed E-state index contributed by atoms with van der Waals surface area (Å²) in [5, 5.41) is 8.85. The first-order valence-electron chi connectivity index (χ1n) is 5.07. The van der Waals surface area contributed by atoms with Gasteiger partial charge in [0.05, 0.1) is 4.88 Å². The van der Waals surface area contributed by atoms with Crippen LogP contribution >= 0.6 is 11.3 Å². The maximum Gasteiger partial charge on any atom is 0.345 e. The van der Waals surface area contributed by atoms with E-state index in [-0.39, 0.29) is 0 Å². The minimum absolute atomic E-state index is 0.348. The van der Waals surface area contributed by atoms with Gasteiger partial charge in [0, 0.05) is 18.9 Å². The predicted molar refractivity (Wildman–Crippen MR) is 62.8 cm³/mol. The molecule has 2 heterocycles. The van der Waals surface area contributed by atoms with E-state index in [0.29, 0.717) is 4.88 Å². The van der Waals surface area contributed by atoms with Crippen molar-refractivity contribution in [3.05, 3.63) is 29.4 Å². The first-order chi connectivity index (χ1) is 7.72. The van der Waals surface area contributed by atoms with Gasteiger partial charge in [0.2, 0.25) is 0 Å². The van der Waals surface area contributed by atoms with E-state index in [9.17, 15) is 4.79 Å². The molecular formula is C11H12N2O2S. The molecule has 4 nitrogen and oxygen atoms in total. The number of nitrogens with zero attached hydrogens (tertiary/aromatic N) is 2. The van der Waals surface area contributed by atoms with Crippen molar-refractivity contribution in [3.63, 3.8) is 0 Å². The number of carboxylic acids is 1. The molecule has 5 heteroatoms. The summed E-state index contributed by atoms with van der Waals surface area (Å²) in [6, 6.07) is 3.43. The van der Waals surface area contributed by atoms with Crippen LogP contribution in [-0.4, -0.2) is 20.6 Å². The second-order valence-electron chi connectivity index (χ2n) is 3.41. The average molecular weight is 236 g/mol. The highest BCUT2D eigenvalue weighted by molar-refractivity contribution is 7.17. The topological polar surface area (TPSA) is 55.1 Å². The van der Waals surface area contributed by atoms with E-state index in [1.165, 1.54) is 11.3 Å². The molecule has 0 saturated heterocycles. The van der Waals surface area contributed by atoms with Crippen LogP contribution in [0.15, 0.2) is 24.5 Å². The van der Waals surface area contributed by atoms with Gasteiger partial charge in [-0.2, -0.15) is 0 Å². The second-order valence-corrected chi connectivity index (χ2v) is 4.50. The molecule has 0 aliphatic rings. The summed E-state index contributed by atoms with van der Waals surface area (Å²) in [5.41, 5.74) is 0. The summed E-state index contributed by atoms with van der Waals surface area (Å²) in [6.07, 6.45) is 4.69. The largest absolute Gasteiger partial charge is 0.477 e. The number of thiophene rings is 1. The molecule has 0 aliphatic heterocycles. The highest BCUT2D eigenvalue weighted by atomic mass is 32.1. The summed E-state index contributed by atoms with van der Waals surface area (Å²) in [4.78, 5) is 16.3. The van der Waals surface area contributed by atoms with Gasteiger partial charge in [-0.1, -0.05) is 6.92 Å². The Morgan fingerprint density at radius 3 is 3.00 bits per heavy atom. The monoisotopic (exact) mass is 236 g/mol. The minimum Gasteiger partial charge on any atom is -0.477 e. The molecule has 0 aliphatic carbocycles. The van der Waals surface area contributed by atoms with E-state index in [1.807, 2.05) is 16.8 Å². The normalized spacial score (nSPS) is 10.6. The molecule has 0 bridgehead atoms. The average Bonchev–Trinajstić information content (AvgIpc) is 2.84. The third-order valence-electron chi connectivity index (χ3n) is 2.22. The Labute approximate surface area is 97.2 Å². The van der Waals surface area contributed by atoms with Crippen LogP contribution < -0.4 is 0 Å². The molecule has 16 heavy (non-hydrogen) atoms. The Balaban J connectivity index is 2.34. The minimum atomic E-state index is -0.884.